The van der Waals surface area contributed by atoms with Crippen molar-refractivity contribution in [2.45, 2.75) is 45.2 Å². The van der Waals surface area contributed by atoms with Crippen LogP contribution in [-0.2, 0) is 10.2 Å². The van der Waals surface area contributed by atoms with E-state index in [0.717, 1.165) is 17.8 Å². The monoisotopic (exact) mass is 331 g/mol. The Morgan fingerprint density at radius 1 is 1.43 bits per heavy atom. The maximum Gasteiger partial charge on any atom is 0.279 e. The predicted octanol–water partition coefficient (Wildman–Crippen LogP) is 2.03. The lowest BCUT2D eigenvalue weighted by Crippen LogP contribution is -2.40. The molecule has 1 aliphatic rings. The van der Waals surface area contributed by atoms with E-state index in [2.05, 4.69) is 10.0 Å². The molecule has 0 saturated heterocycles. The normalized spacial score (nSPS) is 17.3. The van der Waals surface area contributed by atoms with Crippen molar-refractivity contribution in [1.82, 2.24) is 14.3 Å². The number of nitrogens with one attached hydrogen (secondary N) is 2. The third kappa shape index (κ3) is 5.34. The Balaban J connectivity index is 1.78. The largest absolute Gasteiger partial charge is 0.314 e. The first-order valence-corrected chi connectivity index (χ1v) is 9.67. The van der Waals surface area contributed by atoms with Crippen molar-refractivity contribution in [2.24, 2.45) is 0 Å². The second-order valence-electron chi connectivity index (χ2n) is 5.70. The zero-order valence-corrected chi connectivity index (χ0v) is 14.6. The zero-order valence-electron chi connectivity index (χ0n) is 12.9. The SMILES string of the molecule is Cc1ccc(C(C)NS(=O)(=O)N(C)CCCNC2CC2)s1. The first kappa shape index (κ1) is 16.9. The van der Waals surface area contributed by atoms with Gasteiger partial charge in [-0.3, -0.25) is 0 Å². The molecule has 2 N–H and O–H groups in total. The summed E-state index contributed by atoms with van der Waals surface area (Å²) in [6.07, 6.45) is 3.35. The Bertz CT molecular complexity index is 552. The van der Waals surface area contributed by atoms with E-state index in [-0.39, 0.29) is 6.04 Å². The van der Waals surface area contributed by atoms with Crippen molar-refractivity contribution < 1.29 is 8.42 Å². The summed E-state index contributed by atoms with van der Waals surface area (Å²) < 4.78 is 28.7. The van der Waals surface area contributed by atoms with Crippen LogP contribution in [0, 0.1) is 6.92 Å². The molecule has 7 heteroatoms. The molecule has 0 aliphatic heterocycles. The molecule has 1 saturated carbocycles. The van der Waals surface area contributed by atoms with Gasteiger partial charge in [-0.1, -0.05) is 0 Å². The van der Waals surface area contributed by atoms with Gasteiger partial charge in [0.2, 0.25) is 0 Å². The van der Waals surface area contributed by atoms with Gasteiger partial charge in [0.05, 0.1) is 6.04 Å². The highest BCUT2D eigenvalue weighted by Gasteiger charge is 2.22. The Labute approximate surface area is 131 Å². The quantitative estimate of drug-likeness (QED) is 0.681. The minimum Gasteiger partial charge on any atom is -0.314 e. The molecule has 1 fully saturated rings. The van der Waals surface area contributed by atoms with E-state index in [4.69, 9.17) is 0 Å². The van der Waals surface area contributed by atoms with Crippen molar-refractivity contribution in [3.05, 3.63) is 21.9 Å². The van der Waals surface area contributed by atoms with Gasteiger partial charge in [0.1, 0.15) is 0 Å². The van der Waals surface area contributed by atoms with E-state index < -0.39 is 10.2 Å². The number of hydrogen-bond acceptors (Lipinski definition) is 4. The van der Waals surface area contributed by atoms with Crippen LogP contribution in [-0.4, -0.2) is 38.9 Å². The molecule has 1 aliphatic carbocycles. The summed E-state index contributed by atoms with van der Waals surface area (Å²) in [6, 6.07) is 4.47. The lowest BCUT2D eigenvalue weighted by Gasteiger charge is -2.20. The third-order valence-corrected chi connectivity index (χ3v) is 6.42. The summed E-state index contributed by atoms with van der Waals surface area (Å²) in [6.45, 7) is 5.31. The molecule has 5 nitrogen and oxygen atoms in total. The summed E-state index contributed by atoms with van der Waals surface area (Å²) in [7, 11) is -1.79. The van der Waals surface area contributed by atoms with Crippen LogP contribution < -0.4 is 10.0 Å². The average molecular weight is 332 g/mol. The van der Waals surface area contributed by atoms with Gasteiger partial charge >= 0.3 is 0 Å². The number of aryl methyl sites for hydroxylation is 1. The summed E-state index contributed by atoms with van der Waals surface area (Å²) >= 11 is 1.62. The van der Waals surface area contributed by atoms with Gasteiger partial charge in [-0.05, 0) is 51.8 Å². The van der Waals surface area contributed by atoms with Crippen LogP contribution in [0.1, 0.15) is 42.0 Å². The van der Waals surface area contributed by atoms with Crippen LogP contribution >= 0.6 is 11.3 Å². The minimum absolute atomic E-state index is 0.194. The summed E-state index contributed by atoms with van der Waals surface area (Å²) in [4.78, 5) is 2.23. The Kier molecular flexibility index (Phi) is 5.79. The second-order valence-corrected chi connectivity index (χ2v) is 8.83. The van der Waals surface area contributed by atoms with E-state index in [1.54, 1.807) is 18.4 Å². The van der Waals surface area contributed by atoms with Crippen molar-refractivity contribution in [2.75, 3.05) is 20.1 Å². The van der Waals surface area contributed by atoms with Crippen LogP contribution in [0.4, 0.5) is 0 Å². The van der Waals surface area contributed by atoms with Crippen LogP contribution in [0.25, 0.3) is 0 Å². The van der Waals surface area contributed by atoms with Gasteiger partial charge in [-0.25, -0.2) is 0 Å². The van der Waals surface area contributed by atoms with E-state index >= 15 is 0 Å². The summed E-state index contributed by atoms with van der Waals surface area (Å²) in [5.74, 6) is 0. The van der Waals surface area contributed by atoms with Crippen molar-refractivity contribution in [3.63, 3.8) is 0 Å². The van der Waals surface area contributed by atoms with E-state index in [1.165, 1.54) is 22.0 Å². The number of nitrogens with zero attached hydrogens (tertiary/aromatic N) is 1. The van der Waals surface area contributed by atoms with Crippen LogP contribution in [0.5, 0.6) is 0 Å². The molecule has 1 aromatic rings. The lowest BCUT2D eigenvalue weighted by atomic mass is 10.3. The molecule has 1 aromatic heterocycles. The fraction of sp³-hybridized carbons (Fsp3) is 0.714. The first-order chi connectivity index (χ1) is 9.88. The molecule has 1 heterocycles. The smallest absolute Gasteiger partial charge is 0.279 e. The van der Waals surface area contributed by atoms with Gasteiger partial charge < -0.3 is 5.32 Å². The van der Waals surface area contributed by atoms with Gasteiger partial charge in [-0.15, -0.1) is 11.3 Å². The molecule has 0 spiro atoms. The Morgan fingerprint density at radius 2 is 2.14 bits per heavy atom. The predicted molar refractivity (Wildman–Crippen MR) is 87.8 cm³/mol. The van der Waals surface area contributed by atoms with Gasteiger partial charge in [-0.2, -0.15) is 17.4 Å². The van der Waals surface area contributed by atoms with Crippen molar-refractivity contribution >= 4 is 21.5 Å². The number of hydrogen-bond donors (Lipinski definition) is 2. The number of thiophene rings is 1. The van der Waals surface area contributed by atoms with Gasteiger partial charge in [0.25, 0.3) is 10.2 Å². The highest BCUT2D eigenvalue weighted by molar-refractivity contribution is 7.87. The van der Waals surface area contributed by atoms with Crippen LogP contribution in [0.15, 0.2) is 12.1 Å². The van der Waals surface area contributed by atoms with E-state index in [1.807, 2.05) is 26.0 Å². The fourth-order valence-electron chi connectivity index (χ4n) is 2.07. The van der Waals surface area contributed by atoms with Crippen LogP contribution in [0.3, 0.4) is 0 Å². The minimum atomic E-state index is -3.42. The molecule has 0 bridgehead atoms. The standard InChI is InChI=1S/C14H25N3O2S2/c1-11-5-8-14(20-11)12(2)16-21(18,19)17(3)10-4-9-15-13-6-7-13/h5,8,12-13,15-16H,4,6-7,9-10H2,1-3H3. The molecule has 1 atom stereocenters. The van der Waals surface area contributed by atoms with Gasteiger partial charge in [0, 0.05) is 29.4 Å². The summed E-state index contributed by atoms with van der Waals surface area (Å²) in [5.41, 5.74) is 0. The molecular weight excluding hydrogens is 306 g/mol. The summed E-state index contributed by atoms with van der Waals surface area (Å²) in [5, 5.41) is 3.39. The molecule has 0 aromatic carbocycles. The zero-order chi connectivity index (χ0) is 15.5. The van der Waals surface area contributed by atoms with E-state index in [0.29, 0.717) is 12.6 Å². The molecular formula is C14H25N3O2S2. The Hall–Kier alpha value is -0.470. The number of rotatable bonds is 9. The molecule has 2 rings (SSSR count). The van der Waals surface area contributed by atoms with Crippen LogP contribution in [0.2, 0.25) is 0 Å². The van der Waals surface area contributed by atoms with E-state index in [9.17, 15) is 8.42 Å². The molecule has 0 amide bonds. The maximum absolute atomic E-state index is 12.3. The fourth-order valence-corrected chi connectivity index (χ4v) is 4.15. The topological polar surface area (TPSA) is 61.4 Å². The highest BCUT2D eigenvalue weighted by Crippen LogP contribution is 2.23. The molecule has 1 unspecified atom stereocenters. The second kappa shape index (κ2) is 7.19. The molecule has 120 valence electrons. The first-order valence-electron chi connectivity index (χ1n) is 7.42. The van der Waals surface area contributed by atoms with Crippen molar-refractivity contribution in [3.8, 4) is 0 Å². The highest BCUT2D eigenvalue weighted by atomic mass is 32.2. The third-order valence-electron chi connectivity index (χ3n) is 3.58. The van der Waals surface area contributed by atoms with Gasteiger partial charge in [0.15, 0.2) is 0 Å². The van der Waals surface area contributed by atoms with Crippen molar-refractivity contribution in [1.29, 1.82) is 0 Å². The lowest BCUT2D eigenvalue weighted by molar-refractivity contribution is 0.438. The average Bonchev–Trinajstić information content (AvgIpc) is 3.13. The Morgan fingerprint density at radius 3 is 2.71 bits per heavy atom. The maximum atomic E-state index is 12.3. The molecule has 21 heavy (non-hydrogen) atoms. The molecule has 0 radical (unpaired) electrons.